The van der Waals surface area contributed by atoms with E-state index in [1.165, 1.54) is 22.9 Å². The summed E-state index contributed by atoms with van der Waals surface area (Å²) in [6, 6.07) is 18.7. The molecule has 0 bridgehead atoms. The van der Waals surface area contributed by atoms with Crippen LogP contribution in [0.1, 0.15) is 35.0 Å². The summed E-state index contributed by atoms with van der Waals surface area (Å²) in [6.07, 6.45) is 1.72. The Bertz CT molecular complexity index is 1030. The summed E-state index contributed by atoms with van der Waals surface area (Å²) in [4.78, 5) is 13.4. The molecule has 1 N–H and O–H groups in total. The molecule has 0 saturated heterocycles. The van der Waals surface area contributed by atoms with Crippen LogP contribution in [0.4, 0.5) is 0 Å². The van der Waals surface area contributed by atoms with Gasteiger partial charge in [-0.05, 0) is 70.5 Å². The van der Waals surface area contributed by atoms with Crippen LogP contribution in [0, 0.1) is 27.7 Å². The highest BCUT2D eigenvalue weighted by atomic mass is 32.2. The minimum absolute atomic E-state index is 0.112. The SMILES string of the molecule is Cc1ccc(S[C@@H](C)C(=O)N/N=C\c2cc(C)n(-c3cccc(C)c3)c2C)cc1. The lowest BCUT2D eigenvalue weighted by molar-refractivity contribution is -0.120. The van der Waals surface area contributed by atoms with Crippen LogP contribution in [0.3, 0.4) is 0 Å². The Morgan fingerprint density at radius 2 is 1.76 bits per heavy atom. The highest BCUT2D eigenvalue weighted by Crippen LogP contribution is 2.23. The smallest absolute Gasteiger partial charge is 0.253 e. The van der Waals surface area contributed by atoms with Gasteiger partial charge >= 0.3 is 0 Å². The molecule has 0 aliphatic heterocycles. The van der Waals surface area contributed by atoms with Gasteiger partial charge in [-0.15, -0.1) is 11.8 Å². The largest absolute Gasteiger partial charge is 0.318 e. The van der Waals surface area contributed by atoms with Crippen LogP contribution in [-0.4, -0.2) is 21.9 Å². The number of benzene rings is 2. The van der Waals surface area contributed by atoms with E-state index < -0.39 is 0 Å². The first-order chi connectivity index (χ1) is 13.8. The molecule has 0 spiro atoms. The maximum atomic E-state index is 12.4. The average molecular weight is 406 g/mol. The number of carbonyl (C=O) groups is 1. The van der Waals surface area contributed by atoms with Gasteiger partial charge in [-0.25, -0.2) is 5.43 Å². The fourth-order valence-electron chi connectivity index (χ4n) is 3.21. The molecule has 0 aliphatic rings. The first-order valence-corrected chi connectivity index (χ1v) is 10.6. The van der Waals surface area contributed by atoms with Crippen LogP contribution in [-0.2, 0) is 4.79 Å². The number of hydrazone groups is 1. The fraction of sp³-hybridized carbons (Fsp3) is 0.250. The van der Waals surface area contributed by atoms with Crippen molar-refractivity contribution < 1.29 is 4.79 Å². The molecule has 3 aromatic rings. The van der Waals surface area contributed by atoms with Gasteiger partial charge in [0.2, 0.25) is 0 Å². The molecule has 4 nitrogen and oxygen atoms in total. The molecule has 1 atom stereocenters. The van der Waals surface area contributed by atoms with Gasteiger partial charge in [-0.1, -0.05) is 29.8 Å². The van der Waals surface area contributed by atoms with Crippen LogP contribution < -0.4 is 5.43 Å². The minimum atomic E-state index is -0.227. The van der Waals surface area contributed by atoms with E-state index in [2.05, 4.69) is 85.3 Å². The van der Waals surface area contributed by atoms with Gasteiger partial charge < -0.3 is 4.57 Å². The minimum Gasteiger partial charge on any atom is -0.318 e. The third kappa shape index (κ3) is 5.18. The second kappa shape index (κ2) is 9.14. The number of aryl methyl sites for hydroxylation is 3. The molecule has 29 heavy (non-hydrogen) atoms. The Morgan fingerprint density at radius 3 is 2.45 bits per heavy atom. The lowest BCUT2D eigenvalue weighted by Crippen LogP contribution is -2.26. The molecule has 1 heterocycles. The van der Waals surface area contributed by atoms with E-state index in [1.807, 2.05) is 19.1 Å². The zero-order chi connectivity index (χ0) is 21.0. The Morgan fingerprint density at radius 1 is 1.03 bits per heavy atom. The monoisotopic (exact) mass is 405 g/mol. The van der Waals surface area contributed by atoms with Crippen LogP contribution >= 0.6 is 11.8 Å². The number of hydrogen-bond acceptors (Lipinski definition) is 3. The van der Waals surface area contributed by atoms with E-state index >= 15 is 0 Å². The summed E-state index contributed by atoms with van der Waals surface area (Å²) in [7, 11) is 0. The Hall–Kier alpha value is -2.79. The molecular formula is C24H27N3OS. The molecule has 0 radical (unpaired) electrons. The molecule has 0 aliphatic carbocycles. The van der Waals surface area contributed by atoms with Crippen molar-refractivity contribution in [1.82, 2.24) is 9.99 Å². The third-order valence-corrected chi connectivity index (χ3v) is 5.92. The first kappa shape index (κ1) is 20.9. The lowest BCUT2D eigenvalue weighted by Gasteiger charge is -2.10. The zero-order valence-corrected chi connectivity index (χ0v) is 18.4. The van der Waals surface area contributed by atoms with E-state index in [0.717, 1.165) is 27.5 Å². The van der Waals surface area contributed by atoms with Crippen molar-refractivity contribution in [1.29, 1.82) is 0 Å². The van der Waals surface area contributed by atoms with Crippen molar-refractivity contribution in [2.75, 3.05) is 0 Å². The summed E-state index contributed by atoms with van der Waals surface area (Å²) >= 11 is 1.52. The normalized spacial score (nSPS) is 12.3. The molecule has 3 rings (SSSR count). The summed E-state index contributed by atoms with van der Waals surface area (Å²) in [5.74, 6) is -0.112. The fourth-order valence-corrected chi connectivity index (χ4v) is 4.07. The van der Waals surface area contributed by atoms with Crippen molar-refractivity contribution in [3.63, 3.8) is 0 Å². The number of nitrogens with zero attached hydrogens (tertiary/aromatic N) is 2. The predicted molar refractivity (Wildman–Crippen MR) is 122 cm³/mol. The van der Waals surface area contributed by atoms with Gasteiger partial charge in [0.25, 0.3) is 5.91 Å². The molecule has 1 amide bonds. The van der Waals surface area contributed by atoms with E-state index in [1.54, 1.807) is 6.21 Å². The zero-order valence-electron chi connectivity index (χ0n) is 17.6. The third-order valence-electron chi connectivity index (χ3n) is 4.81. The highest BCUT2D eigenvalue weighted by Gasteiger charge is 2.14. The Balaban J connectivity index is 1.66. The second-order valence-corrected chi connectivity index (χ2v) is 8.72. The highest BCUT2D eigenvalue weighted by molar-refractivity contribution is 8.00. The molecule has 0 fully saturated rings. The first-order valence-electron chi connectivity index (χ1n) is 9.67. The molecule has 150 valence electrons. The number of amides is 1. The number of thioether (sulfide) groups is 1. The van der Waals surface area contributed by atoms with Crippen molar-refractivity contribution in [3.8, 4) is 5.69 Å². The van der Waals surface area contributed by atoms with Crippen LogP contribution in [0.15, 0.2) is 64.6 Å². The van der Waals surface area contributed by atoms with E-state index in [4.69, 9.17) is 0 Å². The number of aromatic nitrogens is 1. The van der Waals surface area contributed by atoms with Crippen LogP contribution in [0.2, 0.25) is 0 Å². The molecular weight excluding hydrogens is 378 g/mol. The number of hydrogen-bond donors (Lipinski definition) is 1. The molecule has 5 heteroatoms. The van der Waals surface area contributed by atoms with E-state index in [9.17, 15) is 4.79 Å². The maximum Gasteiger partial charge on any atom is 0.253 e. The summed E-state index contributed by atoms with van der Waals surface area (Å²) in [5, 5.41) is 3.97. The van der Waals surface area contributed by atoms with Gasteiger partial charge in [0.15, 0.2) is 0 Å². The van der Waals surface area contributed by atoms with Crippen molar-refractivity contribution in [2.24, 2.45) is 5.10 Å². The average Bonchev–Trinajstić information content (AvgIpc) is 2.97. The second-order valence-electron chi connectivity index (χ2n) is 7.31. The van der Waals surface area contributed by atoms with Crippen molar-refractivity contribution in [2.45, 2.75) is 44.8 Å². The Labute approximate surface area is 177 Å². The van der Waals surface area contributed by atoms with Crippen LogP contribution in [0.5, 0.6) is 0 Å². The standard InChI is InChI=1S/C24H27N3OS/c1-16-9-11-23(12-10-16)29-20(5)24(28)26-25-15-21-14-18(3)27(19(21)4)22-8-6-7-17(2)13-22/h6-15,20H,1-5H3,(H,26,28)/b25-15-/t20-/m0/s1. The topological polar surface area (TPSA) is 46.4 Å². The van der Waals surface area contributed by atoms with Gasteiger partial charge in [-0.2, -0.15) is 5.10 Å². The molecule has 2 aromatic carbocycles. The number of rotatable bonds is 6. The van der Waals surface area contributed by atoms with Gasteiger partial charge in [0.1, 0.15) is 0 Å². The van der Waals surface area contributed by atoms with Crippen molar-refractivity contribution >= 4 is 23.9 Å². The summed E-state index contributed by atoms with van der Waals surface area (Å²) in [6.45, 7) is 10.2. The van der Waals surface area contributed by atoms with Gasteiger partial charge in [0, 0.05) is 27.5 Å². The summed E-state index contributed by atoms with van der Waals surface area (Å²) < 4.78 is 2.20. The summed E-state index contributed by atoms with van der Waals surface area (Å²) in [5.41, 5.74) is 9.44. The maximum absolute atomic E-state index is 12.4. The number of carbonyl (C=O) groups excluding carboxylic acids is 1. The van der Waals surface area contributed by atoms with Gasteiger partial charge in [-0.3, -0.25) is 4.79 Å². The number of nitrogens with one attached hydrogen (secondary N) is 1. The van der Waals surface area contributed by atoms with Gasteiger partial charge in [0.05, 0.1) is 11.5 Å². The predicted octanol–water partition coefficient (Wildman–Crippen LogP) is 5.34. The molecule has 0 saturated carbocycles. The van der Waals surface area contributed by atoms with Crippen LogP contribution in [0.25, 0.3) is 5.69 Å². The Kier molecular flexibility index (Phi) is 6.60. The lowest BCUT2D eigenvalue weighted by atomic mass is 10.2. The quantitative estimate of drug-likeness (QED) is 0.342. The molecule has 0 unspecified atom stereocenters. The van der Waals surface area contributed by atoms with E-state index in [0.29, 0.717) is 0 Å². The molecule has 1 aromatic heterocycles. The van der Waals surface area contributed by atoms with E-state index in [-0.39, 0.29) is 11.2 Å². The van der Waals surface area contributed by atoms with Crippen molar-refractivity contribution in [3.05, 3.63) is 82.7 Å².